The topological polar surface area (TPSA) is 71.1 Å². The van der Waals surface area contributed by atoms with Gasteiger partial charge >= 0.3 is 6.03 Å². The second-order valence-corrected chi connectivity index (χ2v) is 6.56. The Balaban J connectivity index is 1.52. The van der Waals surface area contributed by atoms with Crippen molar-refractivity contribution >= 4 is 11.9 Å². The second kappa shape index (κ2) is 8.89. The lowest BCUT2D eigenvalue weighted by Crippen LogP contribution is -2.44. The standard InChI is InChI=1S/C19H27N3O4/c1-2-20-19(24)22-9-3-4-16(22)14-26-17-7-5-15(6-8-17)18(23)21-10-12-25-13-11-21/h5-8,16H,2-4,9-14H2,1H3,(H,20,24). The van der Waals surface area contributed by atoms with Crippen molar-refractivity contribution in [3.8, 4) is 5.75 Å². The number of rotatable bonds is 5. The van der Waals surface area contributed by atoms with Crippen molar-refractivity contribution in [1.29, 1.82) is 0 Å². The first kappa shape index (κ1) is 18.5. The van der Waals surface area contributed by atoms with Crippen LogP contribution in [0.2, 0.25) is 0 Å². The van der Waals surface area contributed by atoms with Gasteiger partial charge in [-0.25, -0.2) is 4.79 Å². The Labute approximate surface area is 154 Å². The van der Waals surface area contributed by atoms with Crippen LogP contribution in [0.4, 0.5) is 4.79 Å². The molecule has 0 radical (unpaired) electrons. The lowest BCUT2D eigenvalue weighted by atomic mass is 10.2. The summed E-state index contributed by atoms with van der Waals surface area (Å²) >= 11 is 0. The largest absolute Gasteiger partial charge is 0.491 e. The normalized spacial score (nSPS) is 20.1. The van der Waals surface area contributed by atoms with Gasteiger partial charge in [0.15, 0.2) is 0 Å². The van der Waals surface area contributed by atoms with E-state index in [-0.39, 0.29) is 18.0 Å². The number of carbonyl (C=O) groups is 2. The molecule has 3 rings (SSSR count). The van der Waals surface area contributed by atoms with E-state index in [2.05, 4.69) is 5.32 Å². The highest BCUT2D eigenvalue weighted by Gasteiger charge is 2.29. The molecule has 0 aliphatic carbocycles. The van der Waals surface area contributed by atoms with Gasteiger partial charge in [0.2, 0.25) is 0 Å². The zero-order valence-corrected chi connectivity index (χ0v) is 15.3. The maximum atomic E-state index is 12.4. The van der Waals surface area contributed by atoms with Crippen molar-refractivity contribution < 1.29 is 19.1 Å². The summed E-state index contributed by atoms with van der Waals surface area (Å²) in [7, 11) is 0. The van der Waals surface area contributed by atoms with Gasteiger partial charge in [-0.2, -0.15) is 0 Å². The molecule has 2 fully saturated rings. The van der Waals surface area contributed by atoms with E-state index in [1.54, 1.807) is 12.1 Å². The van der Waals surface area contributed by atoms with E-state index in [4.69, 9.17) is 9.47 Å². The summed E-state index contributed by atoms with van der Waals surface area (Å²) in [6.45, 7) is 6.23. The fraction of sp³-hybridized carbons (Fsp3) is 0.579. The number of hydrogen-bond donors (Lipinski definition) is 1. The Morgan fingerprint density at radius 1 is 1.19 bits per heavy atom. The van der Waals surface area contributed by atoms with Crippen molar-refractivity contribution in [2.24, 2.45) is 0 Å². The van der Waals surface area contributed by atoms with E-state index in [1.807, 2.05) is 28.9 Å². The van der Waals surface area contributed by atoms with Gasteiger partial charge in [0.1, 0.15) is 12.4 Å². The average Bonchev–Trinajstić information content (AvgIpc) is 3.16. The summed E-state index contributed by atoms with van der Waals surface area (Å²) in [5.74, 6) is 0.740. The molecule has 3 amide bonds. The van der Waals surface area contributed by atoms with E-state index < -0.39 is 0 Å². The zero-order chi connectivity index (χ0) is 18.4. The molecular formula is C19H27N3O4. The number of ether oxygens (including phenoxy) is 2. The van der Waals surface area contributed by atoms with Crippen molar-refractivity contribution in [2.45, 2.75) is 25.8 Å². The number of morpholine rings is 1. The van der Waals surface area contributed by atoms with Crippen LogP contribution in [0.1, 0.15) is 30.1 Å². The predicted molar refractivity (Wildman–Crippen MR) is 97.5 cm³/mol. The Morgan fingerprint density at radius 3 is 2.62 bits per heavy atom. The van der Waals surface area contributed by atoms with Gasteiger partial charge in [0.05, 0.1) is 19.3 Å². The minimum atomic E-state index is -0.0231. The van der Waals surface area contributed by atoms with Crippen molar-refractivity contribution in [2.75, 3.05) is 46.0 Å². The molecule has 1 aromatic rings. The summed E-state index contributed by atoms with van der Waals surface area (Å²) in [5.41, 5.74) is 0.657. The second-order valence-electron chi connectivity index (χ2n) is 6.56. The molecule has 2 saturated heterocycles. The first-order valence-corrected chi connectivity index (χ1v) is 9.33. The first-order valence-electron chi connectivity index (χ1n) is 9.33. The Bertz CT molecular complexity index is 614. The number of hydrogen-bond acceptors (Lipinski definition) is 4. The van der Waals surface area contributed by atoms with Crippen LogP contribution >= 0.6 is 0 Å². The van der Waals surface area contributed by atoms with Crippen LogP contribution in [-0.2, 0) is 4.74 Å². The molecule has 2 aliphatic rings. The van der Waals surface area contributed by atoms with Crippen LogP contribution in [0.5, 0.6) is 5.75 Å². The Morgan fingerprint density at radius 2 is 1.92 bits per heavy atom. The van der Waals surface area contributed by atoms with E-state index in [0.717, 1.165) is 19.4 Å². The monoisotopic (exact) mass is 361 g/mol. The molecule has 1 N–H and O–H groups in total. The molecule has 0 spiro atoms. The number of urea groups is 1. The molecule has 0 aromatic heterocycles. The quantitative estimate of drug-likeness (QED) is 0.867. The molecule has 1 aromatic carbocycles. The first-order chi connectivity index (χ1) is 12.7. The van der Waals surface area contributed by atoms with Crippen LogP contribution in [-0.4, -0.2) is 73.8 Å². The lowest BCUT2D eigenvalue weighted by molar-refractivity contribution is 0.0303. The van der Waals surface area contributed by atoms with Gasteiger partial charge in [-0.1, -0.05) is 0 Å². The highest BCUT2D eigenvalue weighted by Crippen LogP contribution is 2.20. The molecule has 1 atom stereocenters. The predicted octanol–water partition coefficient (Wildman–Crippen LogP) is 1.73. The van der Waals surface area contributed by atoms with E-state index in [9.17, 15) is 9.59 Å². The molecule has 7 nitrogen and oxygen atoms in total. The fourth-order valence-corrected chi connectivity index (χ4v) is 3.36. The third-order valence-corrected chi connectivity index (χ3v) is 4.81. The number of carbonyl (C=O) groups excluding carboxylic acids is 2. The van der Waals surface area contributed by atoms with Crippen LogP contribution in [0, 0.1) is 0 Å². The average molecular weight is 361 g/mol. The molecular weight excluding hydrogens is 334 g/mol. The summed E-state index contributed by atoms with van der Waals surface area (Å²) in [4.78, 5) is 28.1. The molecule has 1 unspecified atom stereocenters. The van der Waals surface area contributed by atoms with Crippen molar-refractivity contribution in [3.63, 3.8) is 0 Å². The van der Waals surface area contributed by atoms with Gasteiger partial charge in [-0.05, 0) is 44.0 Å². The van der Waals surface area contributed by atoms with E-state index in [0.29, 0.717) is 50.8 Å². The molecule has 7 heteroatoms. The fourth-order valence-electron chi connectivity index (χ4n) is 3.36. The zero-order valence-electron chi connectivity index (χ0n) is 15.3. The molecule has 26 heavy (non-hydrogen) atoms. The number of likely N-dealkylation sites (tertiary alicyclic amines) is 1. The summed E-state index contributed by atoms with van der Waals surface area (Å²) in [6, 6.07) is 7.30. The Kier molecular flexibility index (Phi) is 6.33. The summed E-state index contributed by atoms with van der Waals surface area (Å²) < 4.78 is 11.1. The third kappa shape index (κ3) is 4.46. The van der Waals surface area contributed by atoms with Crippen LogP contribution in [0.25, 0.3) is 0 Å². The molecule has 0 saturated carbocycles. The summed E-state index contributed by atoms with van der Waals surface area (Å²) in [6.07, 6.45) is 1.95. The SMILES string of the molecule is CCNC(=O)N1CCCC1COc1ccc(C(=O)N2CCOCC2)cc1. The van der Waals surface area contributed by atoms with Gasteiger partial charge in [-0.3, -0.25) is 4.79 Å². The van der Waals surface area contributed by atoms with Gasteiger partial charge in [-0.15, -0.1) is 0 Å². The van der Waals surface area contributed by atoms with Crippen LogP contribution in [0.15, 0.2) is 24.3 Å². The van der Waals surface area contributed by atoms with E-state index in [1.165, 1.54) is 0 Å². The van der Waals surface area contributed by atoms with Gasteiger partial charge in [0, 0.05) is 31.7 Å². The van der Waals surface area contributed by atoms with Crippen molar-refractivity contribution in [3.05, 3.63) is 29.8 Å². The smallest absolute Gasteiger partial charge is 0.317 e. The molecule has 0 bridgehead atoms. The molecule has 2 heterocycles. The molecule has 2 aliphatic heterocycles. The number of nitrogens with zero attached hydrogens (tertiary/aromatic N) is 2. The third-order valence-electron chi connectivity index (χ3n) is 4.81. The minimum Gasteiger partial charge on any atom is -0.491 e. The van der Waals surface area contributed by atoms with Crippen molar-refractivity contribution in [1.82, 2.24) is 15.1 Å². The summed E-state index contributed by atoms with van der Waals surface area (Å²) in [5, 5.41) is 2.85. The molecule has 142 valence electrons. The highest BCUT2D eigenvalue weighted by molar-refractivity contribution is 5.94. The van der Waals surface area contributed by atoms with Gasteiger partial charge in [0.25, 0.3) is 5.91 Å². The van der Waals surface area contributed by atoms with Crippen LogP contribution in [0.3, 0.4) is 0 Å². The van der Waals surface area contributed by atoms with Gasteiger partial charge < -0.3 is 24.6 Å². The minimum absolute atomic E-state index is 0.0231. The maximum Gasteiger partial charge on any atom is 0.317 e. The Hall–Kier alpha value is -2.28. The number of benzene rings is 1. The van der Waals surface area contributed by atoms with E-state index >= 15 is 0 Å². The number of nitrogens with one attached hydrogen (secondary N) is 1. The van der Waals surface area contributed by atoms with Crippen LogP contribution < -0.4 is 10.1 Å². The number of amides is 3. The highest BCUT2D eigenvalue weighted by atomic mass is 16.5. The lowest BCUT2D eigenvalue weighted by Gasteiger charge is -2.27. The maximum absolute atomic E-state index is 12.4.